The predicted octanol–water partition coefficient (Wildman–Crippen LogP) is 1.17. The van der Waals surface area contributed by atoms with Crippen molar-refractivity contribution in [2.24, 2.45) is 0 Å². The molecule has 2 heterocycles. The number of likely N-dealkylation sites (tertiary alicyclic amines) is 1. The van der Waals surface area contributed by atoms with Crippen LogP contribution < -0.4 is 5.32 Å². The summed E-state index contributed by atoms with van der Waals surface area (Å²) < 4.78 is 12.8. The molecule has 8 heteroatoms. The number of hydrogen-bond acceptors (Lipinski definition) is 6. The van der Waals surface area contributed by atoms with E-state index >= 15 is 0 Å². The van der Waals surface area contributed by atoms with Crippen LogP contribution in [0.4, 0.5) is 4.39 Å². The summed E-state index contributed by atoms with van der Waals surface area (Å²) in [5, 5.41) is 21.2. The first kappa shape index (κ1) is 16.0. The number of amides is 1. The fourth-order valence-corrected chi connectivity index (χ4v) is 3.22. The van der Waals surface area contributed by atoms with Crippen LogP contribution in [-0.2, 0) is 13.1 Å². The van der Waals surface area contributed by atoms with Gasteiger partial charge >= 0.3 is 0 Å². The summed E-state index contributed by atoms with van der Waals surface area (Å²) in [6.07, 6.45) is 0.491. The zero-order valence-corrected chi connectivity index (χ0v) is 13.2. The van der Waals surface area contributed by atoms with Crippen molar-refractivity contribution in [1.29, 1.82) is 0 Å². The van der Waals surface area contributed by atoms with Crippen LogP contribution in [0.2, 0.25) is 0 Å². The molecule has 1 aromatic heterocycles. The molecule has 23 heavy (non-hydrogen) atoms. The molecule has 1 aromatic carbocycles. The van der Waals surface area contributed by atoms with Gasteiger partial charge in [0.1, 0.15) is 10.8 Å². The molecule has 2 N–H and O–H groups in total. The van der Waals surface area contributed by atoms with E-state index in [1.54, 1.807) is 12.1 Å². The van der Waals surface area contributed by atoms with Gasteiger partial charge in [0.2, 0.25) is 5.01 Å². The maximum absolute atomic E-state index is 12.8. The summed E-state index contributed by atoms with van der Waals surface area (Å²) in [5.41, 5.74) is 0.815. The van der Waals surface area contributed by atoms with Crippen LogP contribution in [0.3, 0.4) is 0 Å². The van der Waals surface area contributed by atoms with Gasteiger partial charge in [-0.1, -0.05) is 23.5 Å². The zero-order chi connectivity index (χ0) is 16.2. The zero-order valence-electron chi connectivity index (χ0n) is 12.4. The summed E-state index contributed by atoms with van der Waals surface area (Å²) in [4.78, 5) is 14.1. The first-order valence-electron chi connectivity index (χ1n) is 7.35. The largest absolute Gasteiger partial charge is 0.392 e. The fourth-order valence-electron chi connectivity index (χ4n) is 2.42. The molecule has 2 aromatic rings. The minimum absolute atomic E-state index is 0.276. The molecule has 0 aliphatic carbocycles. The molecule has 0 spiro atoms. The molecule has 0 bridgehead atoms. The van der Waals surface area contributed by atoms with Gasteiger partial charge < -0.3 is 10.4 Å². The number of rotatable bonds is 5. The molecule has 1 fully saturated rings. The van der Waals surface area contributed by atoms with Crippen LogP contribution in [0, 0.1) is 5.82 Å². The molecule has 1 aliphatic heterocycles. The number of halogens is 1. The Morgan fingerprint density at radius 1 is 1.39 bits per heavy atom. The molecule has 1 saturated heterocycles. The molecular formula is C15H17FN4O2S. The number of benzene rings is 1. The van der Waals surface area contributed by atoms with Crippen LogP contribution >= 0.6 is 11.3 Å². The molecule has 1 aliphatic rings. The normalized spacial score (nSPS) is 18.3. The van der Waals surface area contributed by atoms with Crippen molar-refractivity contribution in [3.8, 4) is 0 Å². The summed E-state index contributed by atoms with van der Waals surface area (Å²) in [7, 11) is 0. The minimum atomic E-state index is -0.305. The summed E-state index contributed by atoms with van der Waals surface area (Å²) in [5.74, 6) is -0.597. The Labute approximate surface area is 137 Å². The standard InChI is InChI=1S/C15H17FN4O2S/c16-11-3-1-10(2-4-11)7-17-14(22)15-19-18-13(23-15)9-20-6-5-12(21)8-20/h1-4,12,21H,5-9H2,(H,17,22)/t12-/m0/s1. The van der Waals surface area contributed by atoms with E-state index in [4.69, 9.17) is 0 Å². The summed E-state index contributed by atoms with van der Waals surface area (Å²) in [6.45, 7) is 2.37. The third-order valence-corrected chi connectivity index (χ3v) is 4.54. The van der Waals surface area contributed by atoms with Gasteiger partial charge in [-0.25, -0.2) is 4.39 Å². The Hall–Kier alpha value is -1.90. The Balaban J connectivity index is 1.52. The highest BCUT2D eigenvalue weighted by Crippen LogP contribution is 2.16. The highest BCUT2D eigenvalue weighted by molar-refractivity contribution is 7.13. The topological polar surface area (TPSA) is 78.4 Å². The lowest BCUT2D eigenvalue weighted by Crippen LogP contribution is -2.22. The second-order valence-corrected chi connectivity index (χ2v) is 6.55. The molecule has 3 rings (SSSR count). The van der Waals surface area contributed by atoms with Crippen molar-refractivity contribution in [2.75, 3.05) is 13.1 Å². The van der Waals surface area contributed by atoms with Gasteiger partial charge in [0.15, 0.2) is 0 Å². The number of aromatic nitrogens is 2. The quantitative estimate of drug-likeness (QED) is 0.857. The van der Waals surface area contributed by atoms with E-state index in [0.717, 1.165) is 23.5 Å². The minimum Gasteiger partial charge on any atom is -0.392 e. The fraction of sp³-hybridized carbons (Fsp3) is 0.400. The van der Waals surface area contributed by atoms with Crippen LogP contribution in [0.1, 0.15) is 26.8 Å². The number of aliphatic hydroxyl groups excluding tert-OH is 1. The van der Waals surface area contributed by atoms with Gasteiger partial charge in [0.05, 0.1) is 12.6 Å². The monoisotopic (exact) mass is 336 g/mol. The van der Waals surface area contributed by atoms with Crippen molar-refractivity contribution in [1.82, 2.24) is 20.4 Å². The van der Waals surface area contributed by atoms with Crippen molar-refractivity contribution in [3.63, 3.8) is 0 Å². The van der Waals surface area contributed by atoms with Gasteiger partial charge in [-0.2, -0.15) is 0 Å². The number of β-amino-alcohol motifs (C(OH)–C–C–N with tert-alkyl or cyclic N) is 1. The van der Waals surface area contributed by atoms with Crippen molar-refractivity contribution >= 4 is 17.2 Å². The van der Waals surface area contributed by atoms with Crippen LogP contribution in [0.5, 0.6) is 0 Å². The average Bonchev–Trinajstić information content (AvgIpc) is 3.16. The Morgan fingerprint density at radius 2 is 2.17 bits per heavy atom. The number of aliphatic hydroxyl groups is 1. The molecule has 6 nitrogen and oxygen atoms in total. The van der Waals surface area contributed by atoms with Crippen molar-refractivity contribution in [2.45, 2.75) is 25.6 Å². The maximum atomic E-state index is 12.8. The molecule has 0 radical (unpaired) electrons. The third kappa shape index (κ3) is 4.31. The molecule has 1 atom stereocenters. The van der Waals surface area contributed by atoms with E-state index in [1.807, 2.05) is 0 Å². The van der Waals surface area contributed by atoms with Gasteiger partial charge in [-0.15, -0.1) is 10.2 Å². The lowest BCUT2D eigenvalue weighted by molar-refractivity contribution is 0.0950. The number of carbonyl (C=O) groups is 1. The molecule has 0 saturated carbocycles. The van der Waals surface area contributed by atoms with Crippen molar-refractivity contribution in [3.05, 3.63) is 45.7 Å². The molecular weight excluding hydrogens is 319 g/mol. The van der Waals surface area contributed by atoms with Gasteiger partial charge in [-0.05, 0) is 24.1 Å². The summed E-state index contributed by atoms with van der Waals surface area (Å²) >= 11 is 1.25. The van der Waals surface area contributed by atoms with Crippen LogP contribution in [0.15, 0.2) is 24.3 Å². The first-order chi connectivity index (χ1) is 11.1. The smallest absolute Gasteiger partial charge is 0.282 e. The molecule has 1 amide bonds. The molecule has 0 unspecified atom stereocenters. The third-order valence-electron chi connectivity index (χ3n) is 3.63. The second kappa shape index (κ2) is 7.12. The Kier molecular flexibility index (Phi) is 4.94. The van der Waals surface area contributed by atoms with Gasteiger partial charge in [-0.3, -0.25) is 9.69 Å². The lowest BCUT2D eigenvalue weighted by Gasteiger charge is -2.11. The Morgan fingerprint density at radius 3 is 2.87 bits per heavy atom. The van der Waals surface area contributed by atoms with E-state index < -0.39 is 0 Å². The second-order valence-electron chi connectivity index (χ2n) is 5.49. The van der Waals surface area contributed by atoms with E-state index in [-0.39, 0.29) is 17.8 Å². The molecule has 122 valence electrons. The van der Waals surface area contributed by atoms with Crippen molar-refractivity contribution < 1.29 is 14.3 Å². The van der Waals surface area contributed by atoms with Gasteiger partial charge in [0.25, 0.3) is 5.91 Å². The van der Waals surface area contributed by atoms with E-state index in [1.165, 1.54) is 23.5 Å². The van der Waals surface area contributed by atoms with Gasteiger partial charge in [0, 0.05) is 19.6 Å². The first-order valence-corrected chi connectivity index (χ1v) is 8.17. The van der Waals surface area contributed by atoms with E-state index in [9.17, 15) is 14.3 Å². The van der Waals surface area contributed by atoms with Crippen LogP contribution in [0.25, 0.3) is 0 Å². The number of nitrogens with one attached hydrogen (secondary N) is 1. The predicted molar refractivity (Wildman–Crippen MR) is 83.4 cm³/mol. The Bertz CT molecular complexity index is 676. The highest BCUT2D eigenvalue weighted by atomic mass is 32.1. The summed E-state index contributed by atoms with van der Waals surface area (Å²) in [6, 6.07) is 5.96. The van der Waals surface area contributed by atoms with E-state index in [2.05, 4.69) is 20.4 Å². The number of hydrogen-bond donors (Lipinski definition) is 2. The van der Waals surface area contributed by atoms with Crippen LogP contribution in [-0.4, -0.2) is 45.3 Å². The maximum Gasteiger partial charge on any atom is 0.282 e. The highest BCUT2D eigenvalue weighted by Gasteiger charge is 2.22. The SMILES string of the molecule is O=C(NCc1ccc(F)cc1)c1nnc(CN2CC[C@H](O)C2)s1. The number of carbonyl (C=O) groups excluding carboxylic acids is 1. The average molecular weight is 336 g/mol. The number of nitrogens with zero attached hydrogens (tertiary/aromatic N) is 3. The van der Waals surface area contributed by atoms with E-state index in [0.29, 0.717) is 24.6 Å². The lowest BCUT2D eigenvalue weighted by atomic mass is 10.2.